The van der Waals surface area contributed by atoms with Crippen LogP contribution in [0.2, 0.25) is 5.02 Å². The molecule has 0 bridgehead atoms. The second kappa shape index (κ2) is 8.02. The van der Waals surface area contributed by atoms with Crippen LogP contribution >= 0.6 is 11.6 Å². The molecular formula is C21H22ClN3O3. The maximum absolute atomic E-state index is 12.5. The summed E-state index contributed by atoms with van der Waals surface area (Å²) in [6.07, 6.45) is 0.492. The number of amides is 3. The molecule has 1 fully saturated rings. The lowest BCUT2D eigenvalue weighted by atomic mass is 10.1. The molecule has 3 amide bonds. The predicted molar refractivity (Wildman–Crippen MR) is 111 cm³/mol. The second-order valence-electron chi connectivity index (χ2n) is 7.13. The number of rotatable bonds is 5. The fourth-order valence-corrected chi connectivity index (χ4v) is 3.55. The average molecular weight is 400 g/mol. The van der Waals surface area contributed by atoms with E-state index < -0.39 is 0 Å². The average Bonchev–Trinajstić information content (AvgIpc) is 3.38. The first-order valence-corrected chi connectivity index (χ1v) is 9.38. The minimum atomic E-state index is -0.381. The Morgan fingerprint density at radius 2 is 1.54 bits per heavy atom. The normalized spacial score (nSPS) is 17.6. The molecule has 2 atom stereocenters. The molecule has 1 aliphatic rings. The van der Waals surface area contributed by atoms with E-state index in [1.807, 2.05) is 19.9 Å². The van der Waals surface area contributed by atoms with Crippen molar-refractivity contribution in [2.24, 2.45) is 11.8 Å². The lowest BCUT2D eigenvalue weighted by Gasteiger charge is -2.12. The number of carbonyl (C=O) groups is 3. The third-order valence-electron chi connectivity index (χ3n) is 4.59. The van der Waals surface area contributed by atoms with Gasteiger partial charge in [-0.3, -0.25) is 14.4 Å². The monoisotopic (exact) mass is 399 g/mol. The molecule has 0 aromatic heterocycles. The first kappa shape index (κ1) is 19.9. The lowest BCUT2D eigenvalue weighted by molar-refractivity contribution is -0.122. The summed E-state index contributed by atoms with van der Waals surface area (Å²) in [5.74, 6) is -1.37. The van der Waals surface area contributed by atoms with Crippen LogP contribution in [0.3, 0.4) is 0 Å². The Morgan fingerprint density at radius 1 is 0.929 bits per heavy atom. The number of benzene rings is 2. The lowest BCUT2D eigenvalue weighted by Crippen LogP contribution is -2.21. The molecular weight excluding hydrogens is 378 g/mol. The van der Waals surface area contributed by atoms with Gasteiger partial charge in [-0.2, -0.15) is 0 Å². The van der Waals surface area contributed by atoms with Gasteiger partial charge in [0.15, 0.2) is 0 Å². The number of anilines is 3. The van der Waals surface area contributed by atoms with Crippen LogP contribution in [0.4, 0.5) is 17.1 Å². The van der Waals surface area contributed by atoms with Crippen molar-refractivity contribution in [3.8, 4) is 0 Å². The number of halogens is 1. The van der Waals surface area contributed by atoms with Gasteiger partial charge in [-0.05, 0) is 55.7 Å². The third kappa shape index (κ3) is 4.70. The number of aryl methyl sites for hydroxylation is 2. The maximum atomic E-state index is 12.5. The minimum absolute atomic E-state index is 0.188. The van der Waals surface area contributed by atoms with E-state index in [1.54, 1.807) is 30.3 Å². The van der Waals surface area contributed by atoms with Crippen molar-refractivity contribution >= 4 is 46.4 Å². The third-order valence-corrected chi connectivity index (χ3v) is 4.89. The number of carbonyl (C=O) groups excluding carboxylic acids is 3. The largest absolute Gasteiger partial charge is 0.326 e. The van der Waals surface area contributed by atoms with Crippen LogP contribution in [-0.2, 0) is 14.4 Å². The van der Waals surface area contributed by atoms with Crippen LogP contribution in [0.5, 0.6) is 0 Å². The fourth-order valence-electron chi connectivity index (χ4n) is 3.18. The molecule has 6 nitrogen and oxygen atoms in total. The highest BCUT2D eigenvalue weighted by molar-refractivity contribution is 6.34. The van der Waals surface area contributed by atoms with Crippen LogP contribution in [0, 0.1) is 25.7 Å². The van der Waals surface area contributed by atoms with Gasteiger partial charge in [0.1, 0.15) is 0 Å². The molecule has 28 heavy (non-hydrogen) atoms. The number of hydrogen-bond donors (Lipinski definition) is 3. The topological polar surface area (TPSA) is 87.3 Å². The van der Waals surface area contributed by atoms with E-state index in [4.69, 9.17) is 11.6 Å². The van der Waals surface area contributed by atoms with E-state index >= 15 is 0 Å². The van der Waals surface area contributed by atoms with Crippen LogP contribution in [0.1, 0.15) is 24.5 Å². The van der Waals surface area contributed by atoms with Crippen molar-refractivity contribution in [1.82, 2.24) is 0 Å². The smallest absolute Gasteiger partial charge is 0.228 e. The fraction of sp³-hybridized carbons (Fsp3) is 0.286. The van der Waals surface area contributed by atoms with Gasteiger partial charge in [0, 0.05) is 18.3 Å². The van der Waals surface area contributed by atoms with Crippen LogP contribution in [0.15, 0.2) is 36.4 Å². The zero-order valence-electron chi connectivity index (χ0n) is 15.9. The number of nitrogens with one attached hydrogen (secondary N) is 3. The summed E-state index contributed by atoms with van der Waals surface area (Å²) in [4.78, 5) is 36.1. The Hall–Kier alpha value is -2.86. The molecule has 7 heteroatoms. The van der Waals surface area contributed by atoms with Crippen molar-refractivity contribution in [3.63, 3.8) is 0 Å². The summed E-state index contributed by atoms with van der Waals surface area (Å²) in [6.45, 7) is 5.24. The standard InChI is InChI=1S/C21H22ClN3O3/c1-11-7-12(2)19(18(22)8-11)25-21(28)17-10-16(17)20(27)24-15-6-4-5-14(9-15)23-13(3)26/h4-9,16-17H,10H2,1-3H3,(H,23,26)(H,24,27)(H,25,28). The van der Waals surface area contributed by atoms with Crippen LogP contribution < -0.4 is 16.0 Å². The zero-order chi connectivity index (χ0) is 20.4. The molecule has 0 saturated heterocycles. The molecule has 2 aromatic carbocycles. The second-order valence-corrected chi connectivity index (χ2v) is 7.54. The molecule has 0 radical (unpaired) electrons. The Balaban J connectivity index is 1.60. The van der Waals surface area contributed by atoms with Gasteiger partial charge in [-0.25, -0.2) is 0 Å². The zero-order valence-corrected chi connectivity index (χ0v) is 16.7. The van der Waals surface area contributed by atoms with Gasteiger partial charge in [-0.15, -0.1) is 0 Å². The summed E-state index contributed by atoms with van der Waals surface area (Å²) in [7, 11) is 0. The molecule has 2 aromatic rings. The van der Waals surface area contributed by atoms with Crippen molar-refractivity contribution in [3.05, 3.63) is 52.5 Å². The summed E-state index contributed by atoms with van der Waals surface area (Å²) in [6, 6.07) is 10.6. The van der Waals surface area contributed by atoms with E-state index in [-0.39, 0.29) is 29.6 Å². The Bertz CT molecular complexity index is 935. The Kier molecular flexibility index (Phi) is 5.70. The Morgan fingerprint density at radius 3 is 2.14 bits per heavy atom. The van der Waals surface area contributed by atoms with E-state index in [9.17, 15) is 14.4 Å². The maximum Gasteiger partial charge on any atom is 0.228 e. The van der Waals surface area contributed by atoms with E-state index in [1.165, 1.54) is 6.92 Å². The van der Waals surface area contributed by atoms with Gasteiger partial charge in [0.2, 0.25) is 17.7 Å². The molecule has 2 unspecified atom stereocenters. The van der Waals surface area contributed by atoms with Gasteiger partial charge >= 0.3 is 0 Å². The first-order chi connectivity index (χ1) is 13.2. The van der Waals surface area contributed by atoms with E-state index in [2.05, 4.69) is 16.0 Å². The SMILES string of the molecule is CC(=O)Nc1cccc(NC(=O)C2CC2C(=O)Nc2c(C)cc(C)cc2Cl)c1. The molecule has 3 N–H and O–H groups in total. The minimum Gasteiger partial charge on any atom is -0.326 e. The summed E-state index contributed by atoms with van der Waals surface area (Å²) in [5.41, 5.74) is 3.66. The summed E-state index contributed by atoms with van der Waals surface area (Å²) < 4.78 is 0. The molecule has 0 heterocycles. The highest BCUT2D eigenvalue weighted by Crippen LogP contribution is 2.41. The molecule has 1 saturated carbocycles. The summed E-state index contributed by atoms with van der Waals surface area (Å²) in [5, 5.41) is 8.80. The van der Waals surface area contributed by atoms with Crippen molar-refractivity contribution < 1.29 is 14.4 Å². The molecule has 0 spiro atoms. The molecule has 146 valence electrons. The van der Waals surface area contributed by atoms with Crippen molar-refractivity contribution in [2.45, 2.75) is 27.2 Å². The van der Waals surface area contributed by atoms with Crippen LogP contribution in [-0.4, -0.2) is 17.7 Å². The molecule has 0 aliphatic heterocycles. The Labute approximate surface area is 168 Å². The van der Waals surface area contributed by atoms with Gasteiger partial charge in [0.25, 0.3) is 0 Å². The van der Waals surface area contributed by atoms with Crippen molar-refractivity contribution in [1.29, 1.82) is 0 Å². The van der Waals surface area contributed by atoms with E-state index in [0.29, 0.717) is 28.5 Å². The van der Waals surface area contributed by atoms with Crippen molar-refractivity contribution in [2.75, 3.05) is 16.0 Å². The van der Waals surface area contributed by atoms with E-state index in [0.717, 1.165) is 11.1 Å². The quantitative estimate of drug-likeness (QED) is 0.706. The molecule has 3 rings (SSSR count). The first-order valence-electron chi connectivity index (χ1n) is 9.00. The summed E-state index contributed by atoms with van der Waals surface area (Å²) >= 11 is 6.24. The molecule has 1 aliphatic carbocycles. The van der Waals surface area contributed by atoms with Gasteiger partial charge in [-0.1, -0.05) is 23.7 Å². The van der Waals surface area contributed by atoms with Crippen LogP contribution in [0.25, 0.3) is 0 Å². The predicted octanol–water partition coefficient (Wildman–Crippen LogP) is 4.13. The highest BCUT2D eigenvalue weighted by Gasteiger charge is 2.48. The number of hydrogen-bond acceptors (Lipinski definition) is 3. The van der Waals surface area contributed by atoms with Gasteiger partial charge < -0.3 is 16.0 Å². The van der Waals surface area contributed by atoms with Gasteiger partial charge in [0.05, 0.1) is 22.5 Å². The highest BCUT2D eigenvalue weighted by atomic mass is 35.5.